The van der Waals surface area contributed by atoms with Crippen LogP contribution in [0.4, 0.5) is 0 Å². The van der Waals surface area contributed by atoms with Gasteiger partial charge in [0.05, 0.1) is 13.2 Å². The Labute approximate surface area is 584 Å². The second kappa shape index (κ2) is 78.4. The van der Waals surface area contributed by atoms with Crippen molar-refractivity contribution in [3.05, 3.63) is 170 Å². The van der Waals surface area contributed by atoms with Crippen molar-refractivity contribution in [3.63, 3.8) is 0 Å². The molecule has 0 amide bonds. The molecule has 0 bridgehead atoms. The quantitative estimate of drug-likeness (QED) is 0.0264. The van der Waals surface area contributed by atoms with E-state index in [9.17, 15) is 19.0 Å². The van der Waals surface area contributed by atoms with Crippen LogP contribution in [0.2, 0.25) is 0 Å². The van der Waals surface area contributed by atoms with Gasteiger partial charge in [0.1, 0.15) is 6.61 Å². The molecule has 10 heteroatoms. The van der Waals surface area contributed by atoms with Gasteiger partial charge in [-0.25, -0.2) is 4.57 Å². The lowest BCUT2D eigenvalue weighted by Crippen LogP contribution is -2.29. The molecule has 0 heterocycles. The van der Waals surface area contributed by atoms with Gasteiger partial charge in [0, 0.05) is 19.4 Å². The standard InChI is InChI=1S/C85H142NO8P/c1-3-5-7-9-11-13-15-17-19-21-23-25-27-29-31-33-35-37-39-40-41-42-44-45-47-49-51-53-55-57-59-61-63-65-67-69-71-73-75-77-84(87)91-81-83(82-93-95(89,90)92-80-79-86)94-85(88)78-76-74-72-70-68-66-64-62-60-58-56-54-52-50-48-46-43-38-36-34-32-30-28-26-24-22-20-18-16-14-12-10-8-6-4-2/h5-8,11-14,17-20,23-26,29-32,36,38,46,48,52,54,58,60,83H,3-4,9-10,15-16,21-22,27-28,33-35,37,39-45,47,49-51,53,55-57,59,61-82,86H2,1-2H3,(H,89,90)/b7-5-,8-6-,13-11-,14-12-,19-17-,20-18-,25-23-,26-24-,31-29-,32-30-,38-36-,48-46-,54-52-,60-58-. The van der Waals surface area contributed by atoms with Crippen molar-refractivity contribution in [1.29, 1.82) is 0 Å². The average molecular weight is 1340 g/mol. The van der Waals surface area contributed by atoms with Gasteiger partial charge in [-0.3, -0.25) is 18.6 Å². The van der Waals surface area contributed by atoms with Crippen LogP contribution in [0.1, 0.15) is 322 Å². The number of hydrogen-bond donors (Lipinski definition) is 2. The third kappa shape index (κ3) is 78.3. The van der Waals surface area contributed by atoms with E-state index in [1.807, 2.05) is 0 Å². The molecule has 0 saturated carbocycles. The highest BCUT2D eigenvalue weighted by Crippen LogP contribution is 2.43. The Balaban J connectivity index is 3.88. The summed E-state index contributed by atoms with van der Waals surface area (Å²) in [6.07, 6.45) is 116. The molecule has 0 spiro atoms. The van der Waals surface area contributed by atoms with Crippen LogP contribution in [0, 0.1) is 0 Å². The summed E-state index contributed by atoms with van der Waals surface area (Å²) in [6.45, 7) is 3.52. The molecule has 540 valence electrons. The third-order valence-electron chi connectivity index (χ3n) is 16.1. The molecule has 0 aromatic rings. The first kappa shape index (κ1) is 90.4. The van der Waals surface area contributed by atoms with Crippen molar-refractivity contribution < 1.29 is 37.6 Å². The molecule has 0 radical (unpaired) electrons. The number of allylic oxidation sites excluding steroid dienone is 28. The second-order valence-electron chi connectivity index (χ2n) is 25.1. The lowest BCUT2D eigenvalue weighted by Gasteiger charge is -2.19. The van der Waals surface area contributed by atoms with Gasteiger partial charge in [-0.05, 0) is 128 Å². The maximum atomic E-state index is 12.8. The summed E-state index contributed by atoms with van der Waals surface area (Å²) in [6, 6.07) is 0. The SMILES string of the molecule is CC/C=C\C/C=C\C/C=C\C/C=C\C/C=C\C/C=C\C/C=C\C/C=C\C/C=C\CCCCCCCCCC(=O)OC(COC(=O)CCCCCCCCCCCCCCCCCCCCCCCCC/C=C\C/C=C\C/C=C\C/C=C\C/C=C\CC)COP(=O)(O)OCCN. The molecule has 9 nitrogen and oxygen atoms in total. The second-order valence-corrected chi connectivity index (χ2v) is 26.6. The molecule has 0 aliphatic heterocycles. The first-order chi connectivity index (χ1) is 46.8. The fraction of sp³-hybridized carbons (Fsp3) is 0.647. The zero-order chi connectivity index (χ0) is 68.6. The van der Waals surface area contributed by atoms with Crippen LogP contribution < -0.4 is 5.73 Å². The van der Waals surface area contributed by atoms with E-state index >= 15 is 0 Å². The number of phosphoric acid groups is 1. The minimum absolute atomic E-state index is 0.0451. The lowest BCUT2D eigenvalue weighted by atomic mass is 10.0. The molecule has 3 N–H and O–H groups in total. The van der Waals surface area contributed by atoms with Gasteiger partial charge in [0.15, 0.2) is 6.10 Å². The number of nitrogens with two attached hydrogens (primary N) is 1. The van der Waals surface area contributed by atoms with E-state index in [4.69, 9.17) is 24.3 Å². The number of phosphoric ester groups is 1. The smallest absolute Gasteiger partial charge is 0.462 e. The van der Waals surface area contributed by atoms with Gasteiger partial charge in [-0.1, -0.05) is 351 Å². The number of carbonyl (C=O) groups is 2. The largest absolute Gasteiger partial charge is 0.472 e. The van der Waals surface area contributed by atoms with Gasteiger partial charge in [-0.2, -0.15) is 0 Å². The van der Waals surface area contributed by atoms with E-state index in [1.165, 1.54) is 154 Å². The van der Waals surface area contributed by atoms with Crippen LogP contribution in [-0.4, -0.2) is 49.3 Å². The van der Waals surface area contributed by atoms with Gasteiger partial charge in [0.2, 0.25) is 0 Å². The van der Waals surface area contributed by atoms with Crippen LogP contribution in [-0.2, 0) is 32.7 Å². The Morgan fingerprint density at radius 3 is 0.811 bits per heavy atom. The summed E-state index contributed by atoms with van der Waals surface area (Å²) in [5.41, 5.74) is 5.41. The van der Waals surface area contributed by atoms with Crippen LogP contribution >= 0.6 is 7.82 Å². The third-order valence-corrected chi connectivity index (χ3v) is 17.1. The maximum Gasteiger partial charge on any atom is 0.472 e. The van der Waals surface area contributed by atoms with Crippen LogP contribution in [0.15, 0.2) is 170 Å². The molecule has 0 aromatic carbocycles. The molecule has 0 fully saturated rings. The van der Waals surface area contributed by atoms with Crippen LogP contribution in [0.3, 0.4) is 0 Å². The molecule has 0 aliphatic carbocycles. The molecule has 0 rings (SSSR count). The van der Waals surface area contributed by atoms with Crippen molar-refractivity contribution in [2.24, 2.45) is 5.73 Å². The summed E-state index contributed by atoms with van der Waals surface area (Å²) >= 11 is 0. The Morgan fingerprint density at radius 2 is 0.547 bits per heavy atom. The Hall–Kier alpha value is -4.63. The predicted octanol–water partition coefficient (Wildman–Crippen LogP) is 26.1. The zero-order valence-electron chi connectivity index (χ0n) is 60.8. The molecule has 2 atom stereocenters. The molecular formula is C85H142NO8P. The first-order valence-corrected chi connectivity index (χ1v) is 40.1. The van der Waals surface area contributed by atoms with E-state index in [0.29, 0.717) is 6.42 Å². The van der Waals surface area contributed by atoms with Gasteiger partial charge < -0.3 is 20.1 Å². The highest BCUT2D eigenvalue weighted by atomic mass is 31.2. The highest BCUT2D eigenvalue weighted by molar-refractivity contribution is 7.47. The zero-order valence-corrected chi connectivity index (χ0v) is 61.7. The molecule has 95 heavy (non-hydrogen) atoms. The highest BCUT2D eigenvalue weighted by Gasteiger charge is 2.26. The number of ether oxygens (including phenoxy) is 2. The topological polar surface area (TPSA) is 134 Å². The fourth-order valence-corrected chi connectivity index (χ4v) is 11.2. The van der Waals surface area contributed by atoms with Gasteiger partial charge in [0.25, 0.3) is 0 Å². The summed E-state index contributed by atoms with van der Waals surface area (Å²) in [7, 11) is -4.41. The van der Waals surface area contributed by atoms with Crippen molar-refractivity contribution in [2.75, 3.05) is 26.4 Å². The van der Waals surface area contributed by atoms with E-state index in [0.717, 1.165) is 135 Å². The number of esters is 2. The predicted molar refractivity (Wildman–Crippen MR) is 413 cm³/mol. The molecule has 0 saturated heterocycles. The minimum Gasteiger partial charge on any atom is -0.462 e. The minimum atomic E-state index is -4.41. The van der Waals surface area contributed by atoms with E-state index in [2.05, 4.69) is 184 Å². The molecule has 0 aliphatic rings. The van der Waals surface area contributed by atoms with Crippen molar-refractivity contribution >= 4 is 19.8 Å². The maximum absolute atomic E-state index is 12.8. The molecule has 2 unspecified atom stereocenters. The first-order valence-electron chi connectivity index (χ1n) is 38.6. The number of carbonyl (C=O) groups excluding carboxylic acids is 2. The monoisotopic (exact) mass is 1340 g/mol. The number of unbranched alkanes of at least 4 members (excludes halogenated alkanes) is 30. The van der Waals surface area contributed by atoms with Gasteiger partial charge >= 0.3 is 19.8 Å². The summed E-state index contributed by atoms with van der Waals surface area (Å²) in [5.74, 6) is -0.839. The normalized spacial score (nSPS) is 13.9. The average Bonchev–Trinajstić information content (AvgIpc) is 3.32. The van der Waals surface area contributed by atoms with Crippen LogP contribution in [0.5, 0.6) is 0 Å². The Kier molecular flexibility index (Phi) is 74.5. The van der Waals surface area contributed by atoms with E-state index in [1.54, 1.807) is 0 Å². The number of hydrogen-bond acceptors (Lipinski definition) is 8. The summed E-state index contributed by atoms with van der Waals surface area (Å²) in [5, 5.41) is 0. The molecule has 0 aromatic heterocycles. The van der Waals surface area contributed by atoms with E-state index < -0.39 is 26.5 Å². The van der Waals surface area contributed by atoms with Crippen molar-refractivity contribution in [2.45, 2.75) is 328 Å². The van der Waals surface area contributed by atoms with Crippen LogP contribution in [0.25, 0.3) is 0 Å². The Bertz CT molecular complexity index is 2170. The molecular weight excluding hydrogens is 1190 g/mol. The Morgan fingerprint density at radius 1 is 0.316 bits per heavy atom. The number of rotatable bonds is 71. The lowest BCUT2D eigenvalue weighted by molar-refractivity contribution is -0.161. The fourth-order valence-electron chi connectivity index (χ4n) is 10.5. The summed E-state index contributed by atoms with van der Waals surface area (Å²) in [4.78, 5) is 35.4. The summed E-state index contributed by atoms with van der Waals surface area (Å²) < 4.78 is 33.2. The van der Waals surface area contributed by atoms with Crippen molar-refractivity contribution in [3.8, 4) is 0 Å². The van der Waals surface area contributed by atoms with E-state index in [-0.39, 0.29) is 38.6 Å². The van der Waals surface area contributed by atoms with Crippen molar-refractivity contribution in [1.82, 2.24) is 0 Å². The van der Waals surface area contributed by atoms with Gasteiger partial charge in [-0.15, -0.1) is 0 Å².